The molecule has 6 heteroatoms. The molecule has 21 heavy (non-hydrogen) atoms. The monoisotopic (exact) mass is 316 g/mol. The molecule has 1 aliphatic carbocycles. The van der Waals surface area contributed by atoms with Gasteiger partial charge in [0, 0.05) is 19.1 Å². The molecule has 1 aliphatic heterocycles. The summed E-state index contributed by atoms with van der Waals surface area (Å²) in [6, 6.07) is 3.59. The Hall–Kier alpha value is -1.20. The Balaban J connectivity index is 0.00000161. The summed E-state index contributed by atoms with van der Waals surface area (Å²) < 4.78 is 27.4. The minimum absolute atomic E-state index is 0. The van der Waals surface area contributed by atoms with Crippen molar-refractivity contribution in [2.75, 3.05) is 13.1 Å². The van der Waals surface area contributed by atoms with Crippen LogP contribution in [0.2, 0.25) is 0 Å². The van der Waals surface area contributed by atoms with E-state index in [2.05, 4.69) is 0 Å². The second kappa shape index (κ2) is 6.28. The molecule has 0 aromatic heterocycles. The Labute approximate surface area is 128 Å². The fraction of sp³-hybridized carbons (Fsp3) is 0.533. The Morgan fingerprint density at radius 3 is 2.48 bits per heavy atom. The first-order valence-corrected chi connectivity index (χ1v) is 7.07. The predicted molar refractivity (Wildman–Crippen MR) is 78.3 cm³/mol. The van der Waals surface area contributed by atoms with E-state index in [0.29, 0.717) is 19.0 Å². The first kappa shape index (κ1) is 16.2. The number of rotatable bonds is 1. The first-order valence-electron chi connectivity index (χ1n) is 7.07. The molecule has 0 spiro atoms. The average Bonchev–Trinajstić information content (AvgIpc) is 2.84. The molecule has 1 aromatic carbocycles. The van der Waals surface area contributed by atoms with Gasteiger partial charge in [-0.05, 0) is 36.8 Å². The highest BCUT2D eigenvalue weighted by Crippen LogP contribution is 2.36. The van der Waals surface area contributed by atoms with Crippen LogP contribution >= 0.6 is 12.4 Å². The van der Waals surface area contributed by atoms with E-state index in [1.54, 1.807) is 4.90 Å². The van der Waals surface area contributed by atoms with Crippen LogP contribution in [0.3, 0.4) is 0 Å². The Morgan fingerprint density at radius 1 is 1.19 bits per heavy atom. The maximum Gasteiger partial charge on any atom is 0.259 e. The van der Waals surface area contributed by atoms with Crippen molar-refractivity contribution >= 4 is 18.3 Å². The van der Waals surface area contributed by atoms with E-state index in [1.807, 2.05) is 0 Å². The van der Waals surface area contributed by atoms with E-state index in [4.69, 9.17) is 5.73 Å². The van der Waals surface area contributed by atoms with E-state index >= 15 is 0 Å². The largest absolute Gasteiger partial charge is 0.338 e. The SMILES string of the molecule is Cl.NC1CCCC2CN(C(=O)c3c(F)cccc3F)CC12. The molecule has 1 amide bonds. The topological polar surface area (TPSA) is 46.3 Å². The van der Waals surface area contributed by atoms with Crippen molar-refractivity contribution in [3.63, 3.8) is 0 Å². The number of amides is 1. The molecule has 1 aromatic rings. The van der Waals surface area contributed by atoms with E-state index in [0.717, 1.165) is 31.4 Å². The van der Waals surface area contributed by atoms with Crippen LogP contribution in [0.4, 0.5) is 8.78 Å². The maximum absolute atomic E-state index is 13.7. The van der Waals surface area contributed by atoms with Gasteiger partial charge in [-0.3, -0.25) is 4.79 Å². The van der Waals surface area contributed by atoms with Gasteiger partial charge in [-0.2, -0.15) is 0 Å². The fourth-order valence-electron chi connectivity index (χ4n) is 3.54. The van der Waals surface area contributed by atoms with Crippen molar-refractivity contribution in [1.29, 1.82) is 0 Å². The summed E-state index contributed by atoms with van der Waals surface area (Å²) in [5, 5.41) is 0. The molecule has 3 nitrogen and oxygen atoms in total. The molecule has 3 atom stereocenters. The molecular weight excluding hydrogens is 298 g/mol. The van der Waals surface area contributed by atoms with Crippen LogP contribution in [0.1, 0.15) is 29.6 Å². The van der Waals surface area contributed by atoms with Gasteiger partial charge in [-0.1, -0.05) is 12.5 Å². The predicted octanol–water partition coefficient (Wildman–Crippen LogP) is 2.59. The van der Waals surface area contributed by atoms with E-state index in [9.17, 15) is 13.6 Å². The molecule has 2 N–H and O–H groups in total. The third-order valence-corrected chi connectivity index (χ3v) is 4.62. The smallest absolute Gasteiger partial charge is 0.259 e. The average molecular weight is 317 g/mol. The molecule has 2 fully saturated rings. The van der Waals surface area contributed by atoms with Crippen LogP contribution in [0.15, 0.2) is 18.2 Å². The molecule has 3 rings (SSSR count). The second-order valence-corrected chi connectivity index (χ2v) is 5.83. The number of halogens is 3. The lowest BCUT2D eigenvalue weighted by Crippen LogP contribution is -2.38. The van der Waals surface area contributed by atoms with Crippen molar-refractivity contribution in [2.45, 2.75) is 25.3 Å². The first-order chi connectivity index (χ1) is 9.58. The normalized spacial score (nSPS) is 28.0. The van der Waals surface area contributed by atoms with Crippen LogP contribution in [0.25, 0.3) is 0 Å². The van der Waals surface area contributed by atoms with Gasteiger partial charge in [0.15, 0.2) is 0 Å². The molecule has 2 aliphatic rings. The third kappa shape index (κ3) is 2.90. The molecular formula is C15H19ClF2N2O. The van der Waals surface area contributed by atoms with Gasteiger partial charge in [0.05, 0.1) is 0 Å². The zero-order valence-corrected chi connectivity index (χ0v) is 12.4. The summed E-state index contributed by atoms with van der Waals surface area (Å²) in [6.45, 7) is 1.07. The van der Waals surface area contributed by atoms with Gasteiger partial charge in [0.2, 0.25) is 0 Å². The lowest BCUT2D eigenvalue weighted by Gasteiger charge is -2.29. The summed E-state index contributed by atoms with van der Waals surface area (Å²) in [5.41, 5.74) is 5.65. The molecule has 0 bridgehead atoms. The van der Waals surface area contributed by atoms with Gasteiger partial charge < -0.3 is 10.6 Å². The van der Waals surface area contributed by atoms with Crippen LogP contribution in [0, 0.1) is 23.5 Å². The summed E-state index contributed by atoms with van der Waals surface area (Å²) in [5.74, 6) is -1.51. The fourth-order valence-corrected chi connectivity index (χ4v) is 3.54. The Bertz CT molecular complexity index is 520. The quantitative estimate of drug-likeness (QED) is 0.865. The van der Waals surface area contributed by atoms with E-state index in [-0.39, 0.29) is 24.4 Å². The lowest BCUT2D eigenvalue weighted by atomic mass is 9.78. The van der Waals surface area contributed by atoms with Crippen molar-refractivity contribution in [3.8, 4) is 0 Å². The standard InChI is InChI=1S/C15H18F2N2O.ClH/c16-11-4-2-5-12(17)14(11)15(20)19-7-9-3-1-6-13(18)10(9)8-19;/h2,4-5,9-10,13H,1,3,6-8,18H2;1H. The molecule has 3 unspecified atom stereocenters. The molecule has 1 saturated carbocycles. The molecule has 1 heterocycles. The van der Waals surface area contributed by atoms with E-state index < -0.39 is 23.1 Å². The molecule has 116 valence electrons. The van der Waals surface area contributed by atoms with Crippen molar-refractivity contribution < 1.29 is 13.6 Å². The van der Waals surface area contributed by atoms with E-state index in [1.165, 1.54) is 6.07 Å². The number of likely N-dealkylation sites (tertiary alicyclic amines) is 1. The van der Waals surface area contributed by atoms with Crippen molar-refractivity contribution in [2.24, 2.45) is 17.6 Å². The summed E-state index contributed by atoms with van der Waals surface area (Å²) in [6.07, 6.45) is 3.08. The number of benzene rings is 1. The van der Waals surface area contributed by atoms with Crippen molar-refractivity contribution in [3.05, 3.63) is 35.4 Å². The minimum atomic E-state index is -0.797. The Kier molecular flexibility index (Phi) is 4.84. The number of hydrogen-bond donors (Lipinski definition) is 1. The number of nitrogens with zero attached hydrogens (tertiary/aromatic N) is 1. The number of carbonyl (C=O) groups is 1. The minimum Gasteiger partial charge on any atom is -0.338 e. The third-order valence-electron chi connectivity index (χ3n) is 4.62. The van der Waals surface area contributed by atoms with Gasteiger partial charge in [-0.15, -0.1) is 12.4 Å². The summed E-state index contributed by atoms with van der Waals surface area (Å²) in [7, 11) is 0. The van der Waals surface area contributed by atoms with Gasteiger partial charge in [-0.25, -0.2) is 8.78 Å². The number of nitrogens with two attached hydrogens (primary N) is 1. The van der Waals surface area contributed by atoms with Gasteiger partial charge in [0.1, 0.15) is 17.2 Å². The highest BCUT2D eigenvalue weighted by Gasteiger charge is 2.41. The zero-order chi connectivity index (χ0) is 14.3. The maximum atomic E-state index is 13.7. The van der Waals surface area contributed by atoms with Crippen molar-refractivity contribution in [1.82, 2.24) is 4.90 Å². The summed E-state index contributed by atoms with van der Waals surface area (Å²) >= 11 is 0. The highest BCUT2D eigenvalue weighted by molar-refractivity contribution is 5.95. The van der Waals surface area contributed by atoms with Crippen LogP contribution < -0.4 is 5.73 Å². The molecule has 0 radical (unpaired) electrons. The Morgan fingerprint density at radius 2 is 1.86 bits per heavy atom. The highest BCUT2D eigenvalue weighted by atomic mass is 35.5. The number of hydrogen-bond acceptors (Lipinski definition) is 2. The number of carbonyl (C=O) groups excluding carboxylic acids is 1. The van der Waals surface area contributed by atoms with Gasteiger partial charge >= 0.3 is 0 Å². The summed E-state index contributed by atoms with van der Waals surface area (Å²) in [4.78, 5) is 13.9. The number of fused-ring (bicyclic) bond motifs is 1. The zero-order valence-electron chi connectivity index (χ0n) is 11.6. The lowest BCUT2D eigenvalue weighted by molar-refractivity contribution is 0.0773. The van der Waals surface area contributed by atoms with Crippen LogP contribution in [-0.2, 0) is 0 Å². The molecule has 1 saturated heterocycles. The van der Waals surface area contributed by atoms with Crippen LogP contribution in [0.5, 0.6) is 0 Å². The van der Waals surface area contributed by atoms with Crippen LogP contribution in [-0.4, -0.2) is 29.9 Å². The van der Waals surface area contributed by atoms with Gasteiger partial charge in [0.25, 0.3) is 5.91 Å². The second-order valence-electron chi connectivity index (χ2n) is 5.83.